The fraction of sp³-hybridized carbons (Fsp3) is 0.440. The lowest BCUT2D eigenvalue weighted by Gasteiger charge is -2.31. The average Bonchev–Trinajstić information content (AvgIpc) is 3.11. The van der Waals surface area contributed by atoms with Crippen molar-refractivity contribution in [2.75, 3.05) is 49.5 Å². The summed E-state index contributed by atoms with van der Waals surface area (Å²) in [4.78, 5) is 30.2. The Labute approximate surface area is 184 Å². The van der Waals surface area contributed by atoms with Crippen LogP contribution in [0.25, 0.3) is 0 Å². The minimum absolute atomic E-state index is 0.0675. The predicted molar refractivity (Wildman–Crippen MR) is 123 cm³/mol. The Hall–Kier alpha value is -2.70. The normalized spacial score (nSPS) is 22.8. The molecule has 2 aromatic carbocycles. The summed E-state index contributed by atoms with van der Waals surface area (Å²) in [7, 11) is 0. The van der Waals surface area contributed by atoms with Crippen molar-refractivity contribution in [1.29, 1.82) is 0 Å². The van der Waals surface area contributed by atoms with Crippen molar-refractivity contribution in [3.05, 3.63) is 59.7 Å². The first-order valence-electron chi connectivity index (χ1n) is 11.5. The molecule has 2 aliphatic heterocycles. The number of amides is 2. The molecule has 164 valence electrons. The first-order chi connectivity index (χ1) is 15.0. The van der Waals surface area contributed by atoms with Crippen molar-refractivity contribution in [2.24, 2.45) is 0 Å². The summed E-state index contributed by atoms with van der Waals surface area (Å²) >= 11 is 0. The first-order valence-corrected chi connectivity index (χ1v) is 11.5. The van der Waals surface area contributed by atoms with E-state index in [-0.39, 0.29) is 17.9 Å². The van der Waals surface area contributed by atoms with E-state index in [0.29, 0.717) is 13.1 Å². The predicted octanol–water partition coefficient (Wildman–Crippen LogP) is -0.0513. The van der Waals surface area contributed by atoms with Crippen LogP contribution in [-0.4, -0.2) is 57.1 Å². The Balaban J connectivity index is 1.25. The monoisotopic (exact) mass is 422 g/mol. The number of para-hydroxylation sites is 2. The number of quaternary nitrogens is 2. The van der Waals surface area contributed by atoms with Gasteiger partial charge in [-0.3, -0.25) is 9.59 Å². The number of anilines is 2. The van der Waals surface area contributed by atoms with Gasteiger partial charge in [-0.25, -0.2) is 0 Å². The molecule has 0 unspecified atom stereocenters. The standard InChI is InChI=1S/C25H32N4O2/c1-3-20-8-4-6-10-22(20)26-24(30)17-27-12-14-28(15-13-27)18-25(31)29-19(2)16-21-9-5-7-11-23(21)29/h4-11,19H,3,12-18H2,1-2H3,(H,26,30)/p+2/t19-/m0/s1. The maximum Gasteiger partial charge on any atom is 0.282 e. The summed E-state index contributed by atoms with van der Waals surface area (Å²) in [5, 5.41) is 3.08. The second kappa shape index (κ2) is 9.62. The van der Waals surface area contributed by atoms with Gasteiger partial charge in [-0.1, -0.05) is 43.3 Å². The maximum absolute atomic E-state index is 13.0. The zero-order valence-corrected chi connectivity index (χ0v) is 18.6. The number of aryl methyl sites for hydroxylation is 1. The highest BCUT2D eigenvalue weighted by Gasteiger charge is 2.34. The highest BCUT2D eigenvalue weighted by atomic mass is 16.2. The molecule has 2 amide bonds. The summed E-state index contributed by atoms with van der Waals surface area (Å²) < 4.78 is 0. The largest absolute Gasteiger partial charge is 0.321 e. The third kappa shape index (κ3) is 4.97. The molecule has 0 aromatic heterocycles. The lowest BCUT2D eigenvalue weighted by molar-refractivity contribution is -1.00. The van der Waals surface area contributed by atoms with Crippen LogP contribution >= 0.6 is 0 Å². The maximum atomic E-state index is 13.0. The Kier molecular flexibility index (Phi) is 6.68. The van der Waals surface area contributed by atoms with Gasteiger partial charge in [0.25, 0.3) is 11.8 Å². The van der Waals surface area contributed by atoms with Gasteiger partial charge < -0.3 is 20.0 Å². The Bertz CT molecular complexity index is 937. The molecule has 6 nitrogen and oxygen atoms in total. The fourth-order valence-electron chi connectivity index (χ4n) is 4.93. The van der Waals surface area contributed by atoms with Crippen molar-refractivity contribution in [3.8, 4) is 0 Å². The molecule has 31 heavy (non-hydrogen) atoms. The minimum Gasteiger partial charge on any atom is -0.321 e. The molecule has 0 aliphatic carbocycles. The van der Waals surface area contributed by atoms with Crippen molar-refractivity contribution in [1.82, 2.24) is 0 Å². The fourth-order valence-corrected chi connectivity index (χ4v) is 4.93. The summed E-state index contributed by atoms with van der Waals surface area (Å²) in [5.41, 5.74) is 4.43. The Morgan fingerprint density at radius 3 is 2.35 bits per heavy atom. The Morgan fingerprint density at radius 2 is 1.61 bits per heavy atom. The number of carbonyl (C=O) groups excluding carboxylic acids is 2. The third-order valence-electron chi connectivity index (χ3n) is 6.62. The van der Waals surface area contributed by atoms with E-state index in [1.165, 1.54) is 15.4 Å². The number of hydrogen-bond acceptors (Lipinski definition) is 2. The van der Waals surface area contributed by atoms with E-state index in [9.17, 15) is 9.59 Å². The lowest BCUT2D eigenvalue weighted by Crippen LogP contribution is -3.28. The van der Waals surface area contributed by atoms with Crippen molar-refractivity contribution in [3.63, 3.8) is 0 Å². The molecular formula is C25H34N4O2+2. The third-order valence-corrected chi connectivity index (χ3v) is 6.62. The van der Waals surface area contributed by atoms with E-state index in [0.717, 1.165) is 56.0 Å². The molecule has 0 saturated carbocycles. The number of carbonyl (C=O) groups is 2. The molecule has 2 heterocycles. The van der Waals surface area contributed by atoms with E-state index in [4.69, 9.17) is 0 Å². The topological polar surface area (TPSA) is 58.3 Å². The van der Waals surface area contributed by atoms with Crippen molar-refractivity contribution < 1.29 is 19.4 Å². The number of rotatable bonds is 6. The molecular weight excluding hydrogens is 388 g/mol. The lowest BCUT2D eigenvalue weighted by atomic mass is 10.1. The second-order valence-corrected chi connectivity index (χ2v) is 8.86. The van der Waals surface area contributed by atoms with Gasteiger partial charge in [0.05, 0.1) is 0 Å². The highest BCUT2D eigenvalue weighted by Crippen LogP contribution is 2.31. The number of hydrogen-bond donors (Lipinski definition) is 3. The summed E-state index contributed by atoms with van der Waals surface area (Å²) in [6, 6.07) is 16.5. The van der Waals surface area contributed by atoms with E-state index in [2.05, 4.69) is 37.4 Å². The number of nitrogens with zero attached hydrogens (tertiary/aromatic N) is 1. The molecule has 0 bridgehead atoms. The van der Waals surface area contributed by atoms with Gasteiger partial charge in [0.2, 0.25) is 0 Å². The number of nitrogens with one attached hydrogen (secondary N) is 3. The molecule has 1 saturated heterocycles. The summed E-state index contributed by atoms with van der Waals surface area (Å²) in [6.07, 6.45) is 1.84. The van der Waals surface area contributed by atoms with Gasteiger partial charge >= 0.3 is 0 Å². The summed E-state index contributed by atoms with van der Waals surface area (Å²) in [6.45, 7) is 8.91. The first kappa shape index (κ1) is 21.5. The highest BCUT2D eigenvalue weighted by molar-refractivity contribution is 5.96. The zero-order chi connectivity index (χ0) is 21.8. The molecule has 4 rings (SSSR count). The van der Waals surface area contributed by atoms with Crippen LogP contribution in [0.1, 0.15) is 25.0 Å². The van der Waals surface area contributed by atoms with Gasteiger partial charge in [0.15, 0.2) is 13.1 Å². The average molecular weight is 423 g/mol. The molecule has 3 N–H and O–H groups in total. The number of fused-ring (bicyclic) bond motifs is 1. The molecule has 2 aliphatic rings. The van der Waals surface area contributed by atoms with Crippen LogP contribution < -0.4 is 20.0 Å². The smallest absolute Gasteiger partial charge is 0.282 e. The molecule has 6 heteroatoms. The van der Waals surface area contributed by atoms with Gasteiger partial charge in [0, 0.05) is 17.4 Å². The van der Waals surface area contributed by atoms with Crippen LogP contribution in [0.5, 0.6) is 0 Å². The van der Waals surface area contributed by atoms with Crippen LogP contribution in [0, 0.1) is 0 Å². The van der Waals surface area contributed by atoms with E-state index >= 15 is 0 Å². The van der Waals surface area contributed by atoms with E-state index in [1.807, 2.05) is 35.2 Å². The van der Waals surface area contributed by atoms with Crippen LogP contribution in [0.4, 0.5) is 11.4 Å². The molecule has 0 radical (unpaired) electrons. The molecule has 1 fully saturated rings. The molecule has 2 aromatic rings. The van der Waals surface area contributed by atoms with E-state index in [1.54, 1.807) is 0 Å². The van der Waals surface area contributed by atoms with Gasteiger partial charge in [-0.15, -0.1) is 0 Å². The van der Waals surface area contributed by atoms with Crippen LogP contribution in [0.15, 0.2) is 48.5 Å². The van der Waals surface area contributed by atoms with Crippen molar-refractivity contribution in [2.45, 2.75) is 32.7 Å². The minimum atomic E-state index is 0.0675. The molecule has 0 spiro atoms. The van der Waals surface area contributed by atoms with Crippen LogP contribution in [0.2, 0.25) is 0 Å². The van der Waals surface area contributed by atoms with Crippen LogP contribution in [-0.2, 0) is 22.4 Å². The van der Waals surface area contributed by atoms with Gasteiger partial charge in [-0.05, 0) is 43.0 Å². The van der Waals surface area contributed by atoms with Crippen LogP contribution in [0.3, 0.4) is 0 Å². The second-order valence-electron chi connectivity index (χ2n) is 8.86. The number of benzene rings is 2. The summed E-state index contributed by atoms with van der Waals surface area (Å²) in [5.74, 6) is 0.280. The number of piperazine rings is 1. The zero-order valence-electron chi connectivity index (χ0n) is 18.6. The van der Waals surface area contributed by atoms with Gasteiger partial charge in [0.1, 0.15) is 26.2 Å². The SMILES string of the molecule is CCc1ccccc1NC(=O)C[NH+]1CC[NH+](CC(=O)N2c3ccccc3C[C@@H]2C)CC1. The Morgan fingerprint density at radius 1 is 0.968 bits per heavy atom. The quantitative estimate of drug-likeness (QED) is 0.611. The van der Waals surface area contributed by atoms with Gasteiger partial charge in [-0.2, -0.15) is 0 Å². The van der Waals surface area contributed by atoms with E-state index < -0.39 is 0 Å². The van der Waals surface area contributed by atoms with Crippen molar-refractivity contribution >= 4 is 23.2 Å². The molecule has 1 atom stereocenters.